The summed E-state index contributed by atoms with van der Waals surface area (Å²) in [4.78, 5) is 14.3. The first-order valence-electron chi connectivity index (χ1n) is 7.31. The third kappa shape index (κ3) is 3.61. The molecule has 1 atom stereocenters. The van der Waals surface area contributed by atoms with E-state index in [2.05, 4.69) is 31.2 Å². The zero-order valence-electron chi connectivity index (χ0n) is 12.2. The smallest absolute Gasteiger partial charge is 0.283 e. The van der Waals surface area contributed by atoms with E-state index in [-0.39, 0.29) is 5.56 Å². The molecule has 2 heterocycles. The topological polar surface area (TPSA) is 50.2 Å². The van der Waals surface area contributed by atoms with E-state index in [9.17, 15) is 4.79 Å². The number of halogens is 1. The monoisotopic (exact) mass is 342 g/mol. The zero-order valence-corrected chi connectivity index (χ0v) is 13.8. The van der Waals surface area contributed by atoms with Crippen LogP contribution in [-0.2, 0) is 6.54 Å². The molecule has 1 aliphatic heterocycles. The molecule has 1 aromatic rings. The van der Waals surface area contributed by atoms with Crippen molar-refractivity contribution < 1.29 is 0 Å². The van der Waals surface area contributed by atoms with E-state index in [0.717, 1.165) is 31.7 Å². The van der Waals surface area contributed by atoms with Crippen molar-refractivity contribution in [2.24, 2.45) is 5.92 Å². The maximum Gasteiger partial charge on any atom is 0.283 e. The summed E-state index contributed by atoms with van der Waals surface area (Å²) in [6.45, 7) is 5.83. The maximum absolute atomic E-state index is 12.2. The Bertz CT molecular complexity index is 496. The molecule has 1 aromatic heterocycles. The lowest BCUT2D eigenvalue weighted by Gasteiger charge is -2.29. The number of aromatic nitrogens is 2. The van der Waals surface area contributed by atoms with Gasteiger partial charge < -0.3 is 10.2 Å². The number of anilines is 1. The van der Waals surface area contributed by atoms with Crippen LogP contribution in [0.25, 0.3) is 0 Å². The lowest BCUT2D eigenvalue weighted by atomic mass is 9.99. The van der Waals surface area contributed by atoms with Gasteiger partial charge in [0.15, 0.2) is 0 Å². The molecular formula is C14H23BrN4O. The summed E-state index contributed by atoms with van der Waals surface area (Å²) in [6, 6.07) is 0. The van der Waals surface area contributed by atoms with Gasteiger partial charge in [0.05, 0.1) is 11.9 Å². The van der Waals surface area contributed by atoms with Crippen molar-refractivity contribution in [3.8, 4) is 0 Å². The van der Waals surface area contributed by atoms with Crippen LogP contribution < -0.4 is 15.8 Å². The van der Waals surface area contributed by atoms with Gasteiger partial charge in [-0.15, -0.1) is 0 Å². The summed E-state index contributed by atoms with van der Waals surface area (Å²) in [5.41, 5.74) is 0.839. The van der Waals surface area contributed by atoms with E-state index in [4.69, 9.17) is 0 Å². The maximum atomic E-state index is 12.2. The Morgan fingerprint density at radius 2 is 2.40 bits per heavy atom. The summed E-state index contributed by atoms with van der Waals surface area (Å²) in [5, 5.41) is 7.68. The number of nitrogens with zero attached hydrogens (tertiary/aromatic N) is 3. The SMILES string of the molecule is CCCn1ncc(N(C)CC2CCCNC2)c(Br)c1=O. The molecule has 0 saturated carbocycles. The highest BCUT2D eigenvalue weighted by Gasteiger charge is 2.18. The average molecular weight is 343 g/mol. The second-order valence-corrected chi connectivity index (χ2v) is 6.26. The molecule has 0 aromatic carbocycles. The lowest BCUT2D eigenvalue weighted by molar-refractivity contribution is 0.381. The first kappa shape index (κ1) is 15.5. The number of nitrogens with one attached hydrogen (secondary N) is 1. The molecule has 0 aliphatic carbocycles. The van der Waals surface area contributed by atoms with Crippen LogP contribution in [-0.4, -0.2) is 36.5 Å². The average Bonchev–Trinajstić information content (AvgIpc) is 2.45. The molecule has 0 amide bonds. The number of aryl methyl sites for hydroxylation is 1. The fourth-order valence-corrected chi connectivity index (χ4v) is 3.27. The minimum Gasteiger partial charge on any atom is -0.372 e. The Labute approximate surface area is 128 Å². The summed E-state index contributed by atoms with van der Waals surface area (Å²) in [5.74, 6) is 0.638. The highest BCUT2D eigenvalue weighted by Crippen LogP contribution is 2.22. The Morgan fingerprint density at radius 1 is 1.60 bits per heavy atom. The van der Waals surface area contributed by atoms with E-state index >= 15 is 0 Å². The summed E-state index contributed by atoms with van der Waals surface area (Å²) < 4.78 is 2.14. The van der Waals surface area contributed by atoms with Crippen molar-refractivity contribution in [1.82, 2.24) is 15.1 Å². The van der Waals surface area contributed by atoms with Gasteiger partial charge in [-0.25, -0.2) is 4.68 Å². The van der Waals surface area contributed by atoms with Gasteiger partial charge in [0, 0.05) is 20.1 Å². The third-order valence-corrected chi connectivity index (χ3v) is 4.49. The van der Waals surface area contributed by atoms with Crippen molar-refractivity contribution in [1.29, 1.82) is 0 Å². The molecule has 0 bridgehead atoms. The molecule has 1 N–H and O–H groups in total. The van der Waals surface area contributed by atoms with Crippen LogP contribution in [0.4, 0.5) is 5.69 Å². The molecule has 20 heavy (non-hydrogen) atoms. The molecular weight excluding hydrogens is 320 g/mol. The van der Waals surface area contributed by atoms with Crippen LogP contribution in [0.15, 0.2) is 15.5 Å². The van der Waals surface area contributed by atoms with Gasteiger partial charge >= 0.3 is 0 Å². The van der Waals surface area contributed by atoms with E-state index in [1.54, 1.807) is 6.20 Å². The highest BCUT2D eigenvalue weighted by atomic mass is 79.9. The number of hydrogen-bond donors (Lipinski definition) is 1. The number of piperidine rings is 1. The predicted octanol–water partition coefficient (Wildman–Crippen LogP) is 1.85. The van der Waals surface area contributed by atoms with Gasteiger partial charge in [-0.2, -0.15) is 5.10 Å². The van der Waals surface area contributed by atoms with Crippen LogP contribution in [0, 0.1) is 5.92 Å². The van der Waals surface area contributed by atoms with Crippen molar-refractivity contribution in [3.05, 3.63) is 21.0 Å². The first-order chi connectivity index (χ1) is 9.63. The Balaban J connectivity index is 2.11. The Kier molecular flexibility index (Phi) is 5.60. The number of rotatable bonds is 5. The normalized spacial score (nSPS) is 19.1. The molecule has 1 aliphatic rings. The molecule has 6 heteroatoms. The van der Waals surface area contributed by atoms with Gasteiger partial charge in [-0.05, 0) is 54.2 Å². The van der Waals surface area contributed by atoms with Gasteiger partial charge in [0.25, 0.3) is 5.56 Å². The standard InChI is InChI=1S/C14H23BrN4O/c1-3-7-19-14(20)13(15)12(9-17-19)18(2)10-11-5-4-6-16-8-11/h9,11,16H,3-8,10H2,1-2H3. The van der Waals surface area contributed by atoms with Gasteiger partial charge in [-0.1, -0.05) is 6.92 Å². The molecule has 1 saturated heterocycles. The molecule has 0 spiro atoms. The fraction of sp³-hybridized carbons (Fsp3) is 0.714. The molecule has 5 nitrogen and oxygen atoms in total. The van der Waals surface area contributed by atoms with Crippen molar-refractivity contribution in [2.45, 2.75) is 32.7 Å². The molecule has 1 fully saturated rings. The third-order valence-electron chi connectivity index (χ3n) is 3.74. The van der Waals surface area contributed by atoms with Crippen molar-refractivity contribution in [3.63, 3.8) is 0 Å². The fourth-order valence-electron chi connectivity index (χ4n) is 2.66. The zero-order chi connectivity index (χ0) is 14.5. The van der Waals surface area contributed by atoms with Crippen molar-refractivity contribution >= 4 is 21.6 Å². The Hall–Kier alpha value is -0.880. The second kappa shape index (κ2) is 7.22. The van der Waals surface area contributed by atoms with E-state index in [1.807, 2.05) is 14.0 Å². The summed E-state index contributed by atoms with van der Waals surface area (Å²) >= 11 is 3.44. The van der Waals surface area contributed by atoms with E-state index in [0.29, 0.717) is 16.9 Å². The van der Waals surface area contributed by atoms with E-state index < -0.39 is 0 Å². The lowest BCUT2D eigenvalue weighted by Crippen LogP contribution is -2.37. The van der Waals surface area contributed by atoms with Crippen LogP contribution in [0.3, 0.4) is 0 Å². The minimum absolute atomic E-state index is 0.0435. The van der Waals surface area contributed by atoms with Crippen LogP contribution >= 0.6 is 15.9 Å². The molecule has 1 unspecified atom stereocenters. The first-order valence-corrected chi connectivity index (χ1v) is 8.10. The minimum atomic E-state index is -0.0435. The molecule has 0 radical (unpaired) electrons. The Morgan fingerprint density at radius 3 is 3.05 bits per heavy atom. The molecule has 112 valence electrons. The van der Waals surface area contributed by atoms with Crippen LogP contribution in [0.1, 0.15) is 26.2 Å². The van der Waals surface area contributed by atoms with Gasteiger partial charge in [0.2, 0.25) is 0 Å². The van der Waals surface area contributed by atoms with E-state index in [1.165, 1.54) is 17.5 Å². The predicted molar refractivity (Wildman–Crippen MR) is 85.4 cm³/mol. The van der Waals surface area contributed by atoms with Crippen LogP contribution in [0.2, 0.25) is 0 Å². The highest BCUT2D eigenvalue weighted by molar-refractivity contribution is 9.10. The second-order valence-electron chi connectivity index (χ2n) is 5.46. The molecule has 2 rings (SSSR count). The summed E-state index contributed by atoms with van der Waals surface area (Å²) in [6.07, 6.45) is 5.17. The van der Waals surface area contributed by atoms with Crippen LogP contribution in [0.5, 0.6) is 0 Å². The summed E-state index contributed by atoms with van der Waals surface area (Å²) in [7, 11) is 2.03. The van der Waals surface area contributed by atoms with Gasteiger partial charge in [0.1, 0.15) is 4.47 Å². The van der Waals surface area contributed by atoms with Gasteiger partial charge in [-0.3, -0.25) is 4.79 Å². The van der Waals surface area contributed by atoms with Crippen molar-refractivity contribution in [2.75, 3.05) is 31.6 Å². The quantitative estimate of drug-likeness (QED) is 0.887. The number of hydrogen-bond acceptors (Lipinski definition) is 4. The largest absolute Gasteiger partial charge is 0.372 e.